The molecule has 0 saturated carbocycles. The average Bonchev–Trinajstić information content (AvgIpc) is 3.69. The van der Waals surface area contributed by atoms with Gasteiger partial charge in [-0.2, -0.15) is 12.6 Å². The fourth-order valence-electron chi connectivity index (χ4n) is 6.94. The van der Waals surface area contributed by atoms with Crippen molar-refractivity contribution >= 4 is 94.1 Å². The van der Waals surface area contributed by atoms with Gasteiger partial charge >= 0.3 is 0 Å². The zero-order valence-corrected chi connectivity index (χ0v) is 25.6. The number of halogens is 1. The highest BCUT2D eigenvalue weighted by Gasteiger charge is 2.21. The summed E-state index contributed by atoms with van der Waals surface area (Å²) < 4.78 is 12.2. The number of para-hydroxylation sites is 3. The fourth-order valence-corrected chi connectivity index (χ4v) is 7.90. The lowest BCUT2D eigenvalue weighted by Gasteiger charge is -2.10. The Kier molecular flexibility index (Phi) is 5.56. The summed E-state index contributed by atoms with van der Waals surface area (Å²) in [5.74, 6) is 0.798. The molecule has 0 aliphatic heterocycles. The summed E-state index contributed by atoms with van der Waals surface area (Å²) in [4.78, 5) is 0. The molecule has 0 radical (unpaired) electrons. The molecular weight excluding hydrogens is 612 g/mol. The Labute approximate surface area is 261 Å². The van der Waals surface area contributed by atoms with Crippen LogP contribution in [-0.4, -0.2) is 14.9 Å². The minimum atomic E-state index is 0.798. The van der Waals surface area contributed by atoms with Crippen molar-refractivity contribution in [2.45, 2.75) is 6.42 Å². The van der Waals surface area contributed by atoms with Crippen LogP contribution in [0.1, 0.15) is 5.56 Å². The Balaban J connectivity index is 1.40. The van der Waals surface area contributed by atoms with E-state index in [0.717, 1.165) is 50.0 Å². The molecule has 5 heteroatoms. The second kappa shape index (κ2) is 9.53. The van der Waals surface area contributed by atoms with E-state index in [1.165, 1.54) is 49.2 Å². The number of hydrogen-bond acceptors (Lipinski definition) is 2. The van der Waals surface area contributed by atoms with E-state index in [0.29, 0.717) is 0 Å². The van der Waals surface area contributed by atoms with Gasteiger partial charge in [-0.05, 0) is 78.4 Å². The molecule has 0 saturated heterocycles. The van der Waals surface area contributed by atoms with Gasteiger partial charge in [0.25, 0.3) is 0 Å². The molecule has 0 bridgehead atoms. The molecule has 0 amide bonds. The molecule has 0 fully saturated rings. The summed E-state index contributed by atoms with van der Waals surface area (Å²) in [5.41, 5.74) is 10.1. The van der Waals surface area contributed by atoms with Crippen molar-refractivity contribution < 1.29 is 4.42 Å². The van der Waals surface area contributed by atoms with Crippen LogP contribution < -0.4 is 0 Å². The Hall–Kier alpha value is -4.45. The van der Waals surface area contributed by atoms with E-state index in [-0.39, 0.29) is 0 Å². The topological polar surface area (TPSA) is 23.0 Å². The maximum absolute atomic E-state index is 6.36. The predicted octanol–water partition coefficient (Wildman–Crippen LogP) is 11.0. The molecule has 0 N–H and O–H groups in total. The summed E-state index contributed by atoms with van der Waals surface area (Å²) in [5, 5.41) is 7.20. The van der Waals surface area contributed by atoms with Crippen LogP contribution in [0, 0.1) is 0 Å². The number of benzene rings is 6. The van der Waals surface area contributed by atoms with Crippen LogP contribution in [0.3, 0.4) is 0 Å². The van der Waals surface area contributed by atoms with E-state index in [1.54, 1.807) is 0 Å². The summed E-state index contributed by atoms with van der Waals surface area (Å²) in [6, 6.07) is 43.7. The van der Waals surface area contributed by atoms with Crippen LogP contribution in [0.5, 0.6) is 0 Å². The van der Waals surface area contributed by atoms with Crippen LogP contribution in [-0.2, 0) is 6.42 Å². The molecule has 43 heavy (non-hydrogen) atoms. The number of aromatic nitrogens is 2. The summed E-state index contributed by atoms with van der Waals surface area (Å²) in [6.45, 7) is 0. The van der Waals surface area contributed by atoms with E-state index in [9.17, 15) is 0 Å². The smallest absolute Gasteiger partial charge is 0.136 e. The van der Waals surface area contributed by atoms with Gasteiger partial charge in [-0.1, -0.05) is 76.6 Å². The van der Waals surface area contributed by atoms with Gasteiger partial charge < -0.3 is 13.6 Å². The number of aryl methyl sites for hydroxylation is 1. The van der Waals surface area contributed by atoms with Gasteiger partial charge in [0, 0.05) is 48.2 Å². The Morgan fingerprint density at radius 1 is 0.558 bits per heavy atom. The second-order valence-electron chi connectivity index (χ2n) is 11.1. The number of rotatable bonds is 4. The molecule has 0 aliphatic rings. The predicted molar refractivity (Wildman–Crippen MR) is 188 cm³/mol. The number of thiol groups is 1. The highest BCUT2D eigenvalue weighted by molar-refractivity contribution is 9.10. The van der Waals surface area contributed by atoms with E-state index in [4.69, 9.17) is 4.42 Å². The molecule has 0 unspecified atom stereocenters. The van der Waals surface area contributed by atoms with Crippen molar-refractivity contribution in [1.29, 1.82) is 0 Å². The summed E-state index contributed by atoms with van der Waals surface area (Å²) in [7, 11) is 0. The largest absolute Gasteiger partial charge is 0.456 e. The van der Waals surface area contributed by atoms with Gasteiger partial charge in [-0.25, -0.2) is 0 Å². The summed E-state index contributed by atoms with van der Waals surface area (Å²) >= 11 is 8.28. The SMILES string of the molecule is SCCc1cc(Br)c2c(c1)oc1ccc(-n3c4ccccc4c4c3ccc3c5ccccc5n(-c5ccccc5)c34)cc12. The van der Waals surface area contributed by atoms with Gasteiger partial charge in [-0.15, -0.1) is 0 Å². The van der Waals surface area contributed by atoms with Crippen LogP contribution >= 0.6 is 28.6 Å². The van der Waals surface area contributed by atoms with Crippen molar-refractivity contribution in [3.8, 4) is 11.4 Å². The van der Waals surface area contributed by atoms with Gasteiger partial charge in [-0.3, -0.25) is 0 Å². The van der Waals surface area contributed by atoms with Crippen LogP contribution in [0.25, 0.3) is 76.9 Å². The van der Waals surface area contributed by atoms with Crippen molar-refractivity contribution in [3.63, 3.8) is 0 Å². The van der Waals surface area contributed by atoms with Crippen LogP contribution in [0.2, 0.25) is 0 Å². The number of furan rings is 1. The third kappa shape index (κ3) is 3.62. The minimum Gasteiger partial charge on any atom is -0.456 e. The van der Waals surface area contributed by atoms with E-state index in [2.05, 4.69) is 159 Å². The van der Waals surface area contributed by atoms with Crippen molar-refractivity contribution in [2.24, 2.45) is 0 Å². The average molecular weight is 638 g/mol. The van der Waals surface area contributed by atoms with Gasteiger partial charge in [0.05, 0.1) is 22.1 Å². The minimum absolute atomic E-state index is 0.798. The van der Waals surface area contributed by atoms with Gasteiger partial charge in [0.2, 0.25) is 0 Å². The second-order valence-corrected chi connectivity index (χ2v) is 12.4. The third-order valence-electron chi connectivity index (χ3n) is 8.71. The molecule has 3 nitrogen and oxygen atoms in total. The molecule has 3 aromatic heterocycles. The van der Waals surface area contributed by atoms with E-state index >= 15 is 0 Å². The van der Waals surface area contributed by atoms with E-state index < -0.39 is 0 Å². The van der Waals surface area contributed by atoms with Crippen LogP contribution in [0.15, 0.2) is 130 Å². The van der Waals surface area contributed by atoms with Crippen molar-refractivity contribution in [1.82, 2.24) is 9.13 Å². The first kappa shape index (κ1) is 25.1. The Morgan fingerprint density at radius 2 is 1.30 bits per heavy atom. The quantitative estimate of drug-likeness (QED) is 0.191. The monoisotopic (exact) mass is 636 g/mol. The zero-order chi connectivity index (χ0) is 28.7. The molecule has 0 aliphatic carbocycles. The molecule has 6 aromatic carbocycles. The number of fused-ring (bicyclic) bond motifs is 10. The van der Waals surface area contributed by atoms with Crippen LogP contribution in [0.4, 0.5) is 0 Å². The standard InChI is InChI=1S/C38H25BrN2OS/c39-30-20-23(18-19-43)21-35-36(30)29-22-25(14-17-34(29)42-35)40-32-13-7-5-11-28(32)37-33(40)16-15-27-26-10-4-6-12-31(26)41(38(27)37)24-8-2-1-3-9-24/h1-17,20-22,43H,18-19H2. The Morgan fingerprint density at radius 3 is 2.12 bits per heavy atom. The Bertz CT molecular complexity index is 2540. The molecule has 3 heterocycles. The molecule has 206 valence electrons. The first-order valence-electron chi connectivity index (χ1n) is 14.5. The fraction of sp³-hybridized carbons (Fsp3) is 0.0526. The lowest BCUT2D eigenvalue weighted by Crippen LogP contribution is -1.95. The first-order chi connectivity index (χ1) is 21.2. The number of hydrogen-bond donors (Lipinski definition) is 1. The highest BCUT2D eigenvalue weighted by Crippen LogP contribution is 2.43. The van der Waals surface area contributed by atoms with Crippen molar-refractivity contribution in [2.75, 3.05) is 5.75 Å². The first-order valence-corrected chi connectivity index (χ1v) is 15.9. The number of nitrogens with zero attached hydrogens (tertiary/aromatic N) is 2. The zero-order valence-electron chi connectivity index (χ0n) is 23.1. The normalized spacial score (nSPS) is 12.1. The third-order valence-corrected chi connectivity index (χ3v) is 9.56. The lowest BCUT2D eigenvalue weighted by atomic mass is 10.1. The maximum atomic E-state index is 6.36. The molecular formula is C38H25BrN2OS. The highest BCUT2D eigenvalue weighted by atomic mass is 79.9. The van der Waals surface area contributed by atoms with Crippen molar-refractivity contribution in [3.05, 3.63) is 131 Å². The molecule has 0 atom stereocenters. The summed E-state index contributed by atoms with van der Waals surface area (Å²) in [6.07, 6.45) is 0.898. The molecule has 9 aromatic rings. The lowest BCUT2D eigenvalue weighted by molar-refractivity contribution is 0.668. The van der Waals surface area contributed by atoms with Gasteiger partial charge in [0.15, 0.2) is 0 Å². The van der Waals surface area contributed by atoms with Gasteiger partial charge in [0.1, 0.15) is 11.2 Å². The maximum Gasteiger partial charge on any atom is 0.136 e. The molecule has 9 rings (SSSR count). The molecule has 0 spiro atoms. The van der Waals surface area contributed by atoms with E-state index in [1.807, 2.05) is 0 Å².